The summed E-state index contributed by atoms with van der Waals surface area (Å²) in [6.07, 6.45) is 6.42. The van der Waals surface area contributed by atoms with Gasteiger partial charge in [0.15, 0.2) is 0 Å². The first-order chi connectivity index (χ1) is 50.5. The fourth-order valence-corrected chi connectivity index (χ4v) is 16.6. The SMILES string of the molecule is CC[C@H](C)[C@@H]1NC(=O)[C@H](CC(C)C)N(C)C(=O)C[C@@H](C(=O)N2CCCCC2)N(C)C(=O)[C@H](C2CCCCC2)N(C)C(=O)C2(CCCC2)NC(=O)CN(CCN2CCN(C)CC2)C(=O)[C@H](CCc2ccc(C(F)(F)F)c(Cl)c2)NC(=O)CN(C)C(=O)[C@H](CC2CCCCC2)N(C)C(=O)CN(C)C(=O)CN(C)C1=O. The average molecular weight is 1530 g/mol. The van der Waals surface area contributed by atoms with E-state index in [4.69, 9.17) is 11.6 Å². The lowest BCUT2D eigenvalue weighted by Gasteiger charge is -2.43. The number of alkyl halides is 3. The van der Waals surface area contributed by atoms with Crippen LogP contribution in [-0.2, 0) is 70.1 Å². The molecule has 7 atom stereocenters. The third-order valence-corrected chi connectivity index (χ3v) is 23.8. The van der Waals surface area contributed by atoms with Crippen LogP contribution < -0.4 is 16.0 Å². The highest BCUT2D eigenvalue weighted by atomic mass is 35.5. The number of hydrogen-bond donors (Lipinski definition) is 3. The van der Waals surface area contributed by atoms with Gasteiger partial charge >= 0.3 is 6.18 Å². The van der Waals surface area contributed by atoms with E-state index < -0.39 is 174 Å². The minimum absolute atomic E-state index is 0.00914. The minimum atomic E-state index is -4.77. The highest BCUT2D eigenvalue weighted by molar-refractivity contribution is 6.31. The molecule has 12 amide bonds. The van der Waals surface area contributed by atoms with Gasteiger partial charge in [-0.2, -0.15) is 13.2 Å². The molecule has 0 unspecified atom stereocenters. The summed E-state index contributed by atoms with van der Waals surface area (Å²) in [5.74, 6) is -8.87. The molecule has 3 saturated carbocycles. The standard InChI is InChI=1S/C77H122ClF3N14O12/c1-13-52(4)67-73(105)88(8)49-65(99)86(6)50-66(100)90(10)60(45-53-25-17-14-18-26-53)71(103)87(7)47-62(96)82-58(32-30-54-29-31-56(57(78)44-54)77(79,80)81)70(102)95(42-41-93-39-37-85(5)38-40-93)48-63(97)84-76(33-21-22-34-76)75(107)92(12)68(55-27-19-15-20-28-55)74(106)91(11)61(72(104)94-35-23-16-24-36-94)46-64(98)89(9)59(43-51(2)3)69(101)83-67/h29,31,44,51-53,55,58-61,67-68H,13-28,30,32-43,45-50H2,1-12H3,(H,82,96)(H,83,101)(H,84,97)/t52-,58-,59-,60-,61-,67-,68-/m0/s1. The topological polar surface area (TPSA) is 277 Å². The van der Waals surface area contributed by atoms with Crippen molar-refractivity contribution < 1.29 is 70.7 Å². The number of piperazine rings is 1. The summed E-state index contributed by atoms with van der Waals surface area (Å²) >= 11 is 6.23. The van der Waals surface area contributed by atoms with Crippen LogP contribution in [-0.4, -0.2) is 301 Å². The first-order valence-corrected chi connectivity index (χ1v) is 39.5. The van der Waals surface area contributed by atoms with E-state index in [0.29, 0.717) is 89.8 Å². The molecular weight excluding hydrogens is 1410 g/mol. The van der Waals surface area contributed by atoms with E-state index >= 15 is 33.6 Å². The van der Waals surface area contributed by atoms with Crippen molar-refractivity contribution in [2.75, 3.05) is 135 Å². The summed E-state index contributed by atoms with van der Waals surface area (Å²) in [5.41, 5.74) is -2.38. The van der Waals surface area contributed by atoms with Gasteiger partial charge in [-0.3, -0.25) is 62.4 Å². The van der Waals surface area contributed by atoms with E-state index in [0.717, 1.165) is 84.6 Å². The number of halogens is 4. The zero-order valence-electron chi connectivity index (χ0n) is 65.6. The Morgan fingerprint density at radius 2 is 1.19 bits per heavy atom. The van der Waals surface area contributed by atoms with Gasteiger partial charge in [-0.1, -0.05) is 116 Å². The van der Waals surface area contributed by atoms with Gasteiger partial charge in [-0.15, -0.1) is 0 Å². The van der Waals surface area contributed by atoms with Crippen LogP contribution in [0.3, 0.4) is 0 Å². The second-order valence-electron chi connectivity index (χ2n) is 31.9. The van der Waals surface area contributed by atoms with Crippen LogP contribution in [0.1, 0.15) is 180 Å². The van der Waals surface area contributed by atoms with Gasteiger partial charge in [0.05, 0.1) is 43.2 Å². The average Bonchev–Trinajstić information content (AvgIpc) is 1.77. The Labute approximate surface area is 636 Å². The Morgan fingerprint density at radius 3 is 1.79 bits per heavy atom. The van der Waals surface area contributed by atoms with E-state index in [1.165, 1.54) is 79.9 Å². The Balaban J connectivity index is 1.32. The van der Waals surface area contributed by atoms with Gasteiger partial charge in [-0.25, -0.2) is 0 Å². The summed E-state index contributed by atoms with van der Waals surface area (Å²) in [6.45, 7) is 8.64. The van der Waals surface area contributed by atoms with Crippen LogP contribution in [0.25, 0.3) is 0 Å². The van der Waals surface area contributed by atoms with Crippen LogP contribution in [0.4, 0.5) is 13.2 Å². The lowest BCUT2D eigenvalue weighted by atomic mass is 9.81. The maximum atomic E-state index is 15.9. The molecule has 107 heavy (non-hydrogen) atoms. The molecule has 6 fully saturated rings. The smallest absolute Gasteiger partial charge is 0.343 e. The first kappa shape index (κ1) is 87.1. The second-order valence-corrected chi connectivity index (χ2v) is 32.4. The van der Waals surface area contributed by atoms with Crippen molar-refractivity contribution in [3.63, 3.8) is 0 Å². The van der Waals surface area contributed by atoms with Gasteiger partial charge in [0, 0.05) is 102 Å². The fourth-order valence-electron chi connectivity index (χ4n) is 16.3. The molecular formula is C77H122ClF3N14O12. The van der Waals surface area contributed by atoms with Gasteiger partial charge < -0.3 is 64.9 Å². The molecule has 1 aromatic carbocycles. The maximum absolute atomic E-state index is 15.9. The zero-order valence-corrected chi connectivity index (χ0v) is 66.3. The molecule has 3 heterocycles. The summed E-state index contributed by atoms with van der Waals surface area (Å²) in [7, 11) is 12.0. The van der Waals surface area contributed by atoms with Gasteiger partial charge in [0.25, 0.3) is 0 Å². The number of piperidine rings is 1. The molecule has 6 aliphatic rings. The van der Waals surface area contributed by atoms with Crippen molar-refractivity contribution in [1.29, 1.82) is 0 Å². The molecule has 1 aromatic rings. The number of carbonyl (C=O) groups excluding carboxylic acids is 12. The van der Waals surface area contributed by atoms with Crippen molar-refractivity contribution >= 4 is 82.5 Å². The zero-order chi connectivity index (χ0) is 78.8. The number of likely N-dealkylation sites (N-methyl/N-ethyl adjacent to an activating group) is 8. The molecule has 26 nitrogen and oxygen atoms in total. The Bertz CT molecular complexity index is 3260. The van der Waals surface area contributed by atoms with Crippen LogP contribution in [0.15, 0.2) is 18.2 Å². The number of aryl methyl sites for hydroxylation is 1. The lowest BCUT2D eigenvalue weighted by molar-refractivity contribution is -0.157. The quantitative estimate of drug-likeness (QED) is 0.207. The molecule has 600 valence electrons. The van der Waals surface area contributed by atoms with Crippen LogP contribution in [0.2, 0.25) is 5.02 Å². The molecule has 30 heteroatoms. The number of nitrogens with zero attached hydrogens (tertiary/aromatic N) is 11. The van der Waals surface area contributed by atoms with Gasteiger partial charge in [0.1, 0.15) is 41.8 Å². The van der Waals surface area contributed by atoms with Gasteiger partial charge in [0.2, 0.25) is 70.9 Å². The van der Waals surface area contributed by atoms with E-state index in [9.17, 15) is 37.1 Å². The molecule has 0 bridgehead atoms. The monoisotopic (exact) mass is 1530 g/mol. The molecule has 0 aromatic heterocycles. The minimum Gasteiger partial charge on any atom is -0.343 e. The number of carbonyl (C=O) groups is 12. The molecule has 3 aliphatic carbocycles. The normalized spacial score (nSPS) is 26.0. The highest BCUT2D eigenvalue weighted by Crippen LogP contribution is 2.38. The number of rotatable bonds is 14. The fraction of sp³-hybridized carbons (Fsp3) is 0.766. The van der Waals surface area contributed by atoms with E-state index in [-0.39, 0.29) is 63.5 Å². The van der Waals surface area contributed by atoms with Crippen molar-refractivity contribution in [2.45, 2.75) is 223 Å². The van der Waals surface area contributed by atoms with Crippen molar-refractivity contribution in [3.8, 4) is 0 Å². The van der Waals surface area contributed by atoms with Gasteiger partial charge in [-0.05, 0) is 119 Å². The molecule has 7 rings (SSSR count). The van der Waals surface area contributed by atoms with E-state index in [1.54, 1.807) is 11.8 Å². The second kappa shape index (κ2) is 40.0. The Morgan fingerprint density at radius 1 is 0.598 bits per heavy atom. The Kier molecular flexibility index (Phi) is 32.6. The van der Waals surface area contributed by atoms with Crippen molar-refractivity contribution in [1.82, 2.24) is 69.8 Å². The predicted octanol–water partition coefficient (Wildman–Crippen LogP) is 5.51. The third kappa shape index (κ3) is 23.7. The van der Waals surface area contributed by atoms with E-state index in [1.807, 2.05) is 27.8 Å². The summed E-state index contributed by atoms with van der Waals surface area (Å²) < 4.78 is 42.1. The Hall–Kier alpha value is -7.14. The van der Waals surface area contributed by atoms with Crippen molar-refractivity contribution in [3.05, 3.63) is 34.3 Å². The number of benzene rings is 1. The maximum Gasteiger partial charge on any atom is 0.417 e. The number of amides is 12. The summed E-state index contributed by atoms with van der Waals surface area (Å²) in [6, 6.07) is -4.42. The molecule has 3 saturated heterocycles. The van der Waals surface area contributed by atoms with E-state index in [2.05, 4.69) is 25.8 Å². The predicted molar refractivity (Wildman–Crippen MR) is 399 cm³/mol. The number of hydrogen-bond acceptors (Lipinski definition) is 14. The highest BCUT2D eigenvalue weighted by Gasteiger charge is 2.50. The molecule has 0 radical (unpaired) electrons. The van der Waals surface area contributed by atoms with Crippen molar-refractivity contribution in [2.24, 2.45) is 23.7 Å². The summed E-state index contributed by atoms with van der Waals surface area (Å²) in [4.78, 5) is 197. The van der Waals surface area contributed by atoms with Crippen LogP contribution in [0, 0.1) is 23.7 Å². The first-order valence-electron chi connectivity index (χ1n) is 39.1. The lowest BCUT2D eigenvalue weighted by Crippen LogP contribution is -2.64. The van der Waals surface area contributed by atoms with Crippen LogP contribution >= 0.6 is 11.6 Å². The number of likely N-dealkylation sites (tertiary alicyclic amines) is 1. The largest absolute Gasteiger partial charge is 0.417 e. The molecule has 3 N–H and O–H groups in total. The third-order valence-electron chi connectivity index (χ3n) is 23.5. The summed E-state index contributed by atoms with van der Waals surface area (Å²) in [5, 5.41) is 8.22. The van der Waals surface area contributed by atoms with Crippen LogP contribution in [0.5, 0.6) is 0 Å². The molecule has 1 spiro atoms. The number of nitrogens with one attached hydrogen (secondary N) is 3. The molecule has 3 aliphatic heterocycles.